The quantitative estimate of drug-likeness (QED) is 0.127. The third-order valence-electron chi connectivity index (χ3n) is 5.38. The summed E-state index contributed by atoms with van der Waals surface area (Å²) in [7, 11) is -6.24. The fourth-order valence-corrected chi connectivity index (χ4v) is 3.63. The van der Waals surface area contributed by atoms with E-state index in [4.69, 9.17) is 19.8 Å². The van der Waals surface area contributed by atoms with Gasteiger partial charge in [-0.15, -0.1) is 0 Å². The Morgan fingerprint density at radius 3 is 2.00 bits per heavy atom. The van der Waals surface area contributed by atoms with Gasteiger partial charge in [-0.25, -0.2) is 4.79 Å². The van der Waals surface area contributed by atoms with Crippen LogP contribution in [0.15, 0.2) is 0 Å². The molecule has 1 heterocycles. The molecule has 0 saturated carbocycles. The maximum atomic E-state index is 13.3. The lowest BCUT2D eigenvalue weighted by Gasteiger charge is -2.39. The van der Waals surface area contributed by atoms with E-state index in [2.05, 4.69) is 5.32 Å². The van der Waals surface area contributed by atoms with E-state index in [1.54, 1.807) is 0 Å². The first-order chi connectivity index (χ1) is 13.7. The minimum atomic E-state index is -6.24. The predicted octanol–water partition coefficient (Wildman–Crippen LogP) is 2.33. The minimum Gasteiger partial charge on any atom is -0.464 e. The molecule has 2 atom stereocenters. The number of ether oxygens (including phenoxy) is 2. The smallest absolute Gasteiger partial charge is 0.431 e. The van der Waals surface area contributed by atoms with Crippen LogP contribution in [0.1, 0.15) is 53.9 Å². The number of esters is 1. The van der Waals surface area contributed by atoms with Crippen LogP contribution in [0.3, 0.4) is 0 Å². The lowest BCUT2D eigenvalue weighted by Crippen LogP contribution is -2.64. The molecule has 0 amide bonds. The van der Waals surface area contributed by atoms with Gasteiger partial charge in [0.05, 0.1) is 12.6 Å². The second-order valence-electron chi connectivity index (χ2n) is 9.32. The van der Waals surface area contributed by atoms with Gasteiger partial charge in [-0.3, -0.25) is 4.55 Å². The van der Waals surface area contributed by atoms with Crippen LogP contribution in [-0.4, -0.2) is 67.1 Å². The van der Waals surface area contributed by atoms with E-state index in [1.165, 1.54) is 0 Å². The summed E-state index contributed by atoms with van der Waals surface area (Å²) in [5.74, 6) is -5.53. The van der Waals surface area contributed by atoms with Crippen molar-refractivity contribution in [2.75, 3.05) is 19.8 Å². The standard InChI is InChI=1S/C18H32F4N2O6S/c1-14(2,3)17(23,12-15(4,5)24-12)13(25)30-11-7-10-29-9-6-8-16(19,20)18(21,22)31(26,27)28/h12,24H,6-11,23H2,1-5H3,(H,26,27,28). The van der Waals surface area contributed by atoms with Gasteiger partial charge in [0.15, 0.2) is 0 Å². The summed E-state index contributed by atoms with van der Waals surface area (Å²) >= 11 is 0. The molecule has 1 fully saturated rings. The number of carbonyl (C=O) groups is 1. The van der Waals surface area contributed by atoms with Gasteiger partial charge in [-0.2, -0.15) is 26.0 Å². The second kappa shape index (κ2) is 9.08. The molecule has 1 saturated heterocycles. The molecule has 1 aliphatic heterocycles. The number of nitrogens with one attached hydrogen (secondary N) is 1. The predicted molar refractivity (Wildman–Crippen MR) is 104 cm³/mol. The summed E-state index contributed by atoms with van der Waals surface area (Å²) in [5, 5.41) is -2.41. The van der Waals surface area contributed by atoms with Crippen molar-refractivity contribution in [3.8, 4) is 0 Å². The molecule has 1 rings (SSSR count). The van der Waals surface area contributed by atoms with E-state index in [1.807, 2.05) is 34.6 Å². The fraction of sp³-hybridized carbons (Fsp3) is 0.944. The molecule has 13 heteroatoms. The van der Waals surface area contributed by atoms with Crippen LogP contribution in [0, 0.1) is 5.41 Å². The summed E-state index contributed by atoms with van der Waals surface area (Å²) in [4.78, 5) is 12.6. The lowest BCUT2D eigenvalue weighted by molar-refractivity contribution is -0.166. The number of carbonyl (C=O) groups excluding carboxylic acids is 1. The number of rotatable bonds is 12. The van der Waals surface area contributed by atoms with E-state index in [-0.39, 0.29) is 37.8 Å². The average molecular weight is 481 g/mol. The zero-order valence-corrected chi connectivity index (χ0v) is 19.1. The Labute approximate surface area is 180 Å². The highest BCUT2D eigenvalue weighted by Gasteiger charge is 2.65. The van der Waals surface area contributed by atoms with Crippen LogP contribution < -0.4 is 11.1 Å². The second-order valence-corrected chi connectivity index (χ2v) is 10.8. The Hall–Kier alpha value is -1.02. The number of nitrogens with two attached hydrogens (primary N) is 1. The molecular formula is C18H32F4N2O6S. The molecular weight excluding hydrogens is 448 g/mol. The van der Waals surface area contributed by atoms with E-state index in [9.17, 15) is 30.8 Å². The number of hydrogen-bond acceptors (Lipinski definition) is 7. The summed E-state index contributed by atoms with van der Waals surface area (Å²) in [6.45, 7) is 8.92. The first kappa shape index (κ1) is 28.0. The normalized spacial score (nSPS) is 21.5. The van der Waals surface area contributed by atoms with Gasteiger partial charge in [-0.1, -0.05) is 20.8 Å². The maximum absolute atomic E-state index is 13.3. The van der Waals surface area contributed by atoms with Crippen LogP contribution in [0.2, 0.25) is 0 Å². The molecule has 31 heavy (non-hydrogen) atoms. The first-order valence-corrected chi connectivity index (χ1v) is 11.2. The van der Waals surface area contributed by atoms with Crippen LogP contribution in [0.4, 0.5) is 17.6 Å². The number of hydrogen-bond donors (Lipinski definition) is 3. The van der Waals surface area contributed by atoms with E-state index >= 15 is 0 Å². The largest absolute Gasteiger partial charge is 0.464 e. The van der Waals surface area contributed by atoms with Crippen molar-refractivity contribution in [2.24, 2.45) is 11.1 Å². The Morgan fingerprint density at radius 2 is 1.58 bits per heavy atom. The monoisotopic (exact) mass is 480 g/mol. The van der Waals surface area contributed by atoms with E-state index < -0.39 is 51.1 Å². The molecule has 0 aliphatic carbocycles. The molecule has 184 valence electrons. The summed E-state index contributed by atoms with van der Waals surface area (Å²) in [6.07, 6.45) is -1.86. The molecule has 1 aliphatic rings. The third kappa shape index (κ3) is 6.06. The highest BCUT2D eigenvalue weighted by atomic mass is 32.2. The molecule has 0 radical (unpaired) electrons. The van der Waals surface area contributed by atoms with Crippen molar-refractivity contribution in [2.45, 2.75) is 82.2 Å². The Kier molecular flexibility index (Phi) is 8.21. The number of halogens is 4. The Morgan fingerprint density at radius 1 is 1.10 bits per heavy atom. The van der Waals surface area contributed by atoms with E-state index in [0.29, 0.717) is 0 Å². The highest BCUT2D eigenvalue weighted by molar-refractivity contribution is 7.87. The maximum Gasteiger partial charge on any atom is 0.431 e. The van der Waals surface area contributed by atoms with Gasteiger partial charge in [0.2, 0.25) is 0 Å². The van der Waals surface area contributed by atoms with Crippen molar-refractivity contribution in [3.05, 3.63) is 0 Å². The molecule has 0 aromatic rings. The Balaban J connectivity index is 2.38. The molecule has 0 spiro atoms. The van der Waals surface area contributed by atoms with Gasteiger partial charge in [-0.05, 0) is 25.7 Å². The van der Waals surface area contributed by atoms with Crippen LogP contribution in [0.5, 0.6) is 0 Å². The molecule has 8 nitrogen and oxygen atoms in total. The SMILES string of the molecule is CC1(C)NC1C(N)(C(=O)OCCCOCCCC(F)(F)C(F)(F)S(=O)(=O)O)C(C)(C)C. The molecule has 0 aromatic carbocycles. The molecule has 4 N–H and O–H groups in total. The van der Waals surface area contributed by atoms with Crippen LogP contribution in [0.25, 0.3) is 0 Å². The minimum absolute atomic E-state index is 0.00615. The summed E-state index contributed by atoms with van der Waals surface area (Å²) < 4.78 is 92.2. The van der Waals surface area contributed by atoms with Crippen LogP contribution >= 0.6 is 0 Å². The van der Waals surface area contributed by atoms with Crippen molar-refractivity contribution in [3.63, 3.8) is 0 Å². The first-order valence-electron chi connectivity index (χ1n) is 9.76. The number of alkyl halides is 4. The average Bonchev–Trinajstić information content (AvgIpc) is 3.22. The van der Waals surface area contributed by atoms with Gasteiger partial charge < -0.3 is 20.5 Å². The van der Waals surface area contributed by atoms with Crippen molar-refractivity contribution < 1.29 is 44.8 Å². The summed E-state index contributed by atoms with van der Waals surface area (Å²) in [6, 6.07) is -0.272. The zero-order chi connectivity index (χ0) is 24.5. The topological polar surface area (TPSA) is 138 Å². The van der Waals surface area contributed by atoms with Crippen molar-refractivity contribution >= 4 is 16.1 Å². The van der Waals surface area contributed by atoms with Crippen LogP contribution in [-0.2, 0) is 24.4 Å². The van der Waals surface area contributed by atoms with Crippen molar-refractivity contribution in [1.29, 1.82) is 0 Å². The van der Waals surface area contributed by atoms with Gasteiger partial charge in [0, 0.05) is 31.6 Å². The zero-order valence-electron chi connectivity index (χ0n) is 18.3. The Bertz CT molecular complexity index is 755. The molecule has 0 aromatic heterocycles. The lowest BCUT2D eigenvalue weighted by atomic mass is 9.69. The van der Waals surface area contributed by atoms with Gasteiger partial charge in [0.1, 0.15) is 5.54 Å². The van der Waals surface area contributed by atoms with Crippen molar-refractivity contribution in [1.82, 2.24) is 5.32 Å². The molecule has 2 unspecified atom stereocenters. The third-order valence-corrected chi connectivity index (χ3v) is 6.33. The summed E-state index contributed by atoms with van der Waals surface area (Å²) in [5.41, 5.74) is 4.25. The van der Waals surface area contributed by atoms with E-state index in [0.717, 1.165) is 0 Å². The molecule has 0 bridgehead atoms. The van der Waals surface area contributed by atoms with Gasteiger partial charge >= 0.3 is 27.3 Å². The fourth-order valence-electron chi connectivity index (χ4n) is 3.15. The van der Waals surface area contributed by atoms with Gasteiger partial charge in [0.25, 0.3) is 0 Å². The highest BCUT2D eigenvalue weighted by Crippen LogP contribution is 2.43.